The lowest BCUT2D eigenvalue weighted by atomic mass is 10.1. The minimum Gasteiger partial charge on any atom is -0.293 e. The van der Waals surface area contributed by atoms with Crippen molar-refractivity contribution < 1.29 is 9.59 Å². The fourth-order valence-electron chi connectivity index (χ4n) is 3.48. The summed E-state index contributed by atoms with van der Waals surface area (Å²) < 4.78 is 1.60. The van der Waals surface area contributed by atoms with Gasteiger partial charge in [0, 0.05) is 36.5 Å². The lowest BCUT2D eigenvalue weighted by molar-refractivity contribution is 0.0651. The number of benzene rings is 1. The number of thioether (sulfide) groups is 1. The number of carbonyl (C=O) groups excluding carboxylic acids is 2. The highest BCUT2D eigenvalue weighted by atomic mass is 32.2. The van der Waals surface area contributed by atoms with Crippen molar-refractivity contribution in [3.05, 3.63) is 64.1 Å². The van der Waals surface area contributed by atoms with Gasteiger partial charge < -0.3 is 0 Å². The van der Waals surface area contributed by atoms with Gasteiger partial charge in [0.2, 0.25) is 0 Å². The molecule has 1 aliphatic heterocycles. The number of hydrogen-bond acceptors (Lipinski definition) is 6. The lowest BCUT2D eigenvalue weighted by Gasteiger charge is -2.15. The number of fused-ring (bicyclic) bond motifs is 2. The molecular weight excluding hydrogens is 400 g/mol. The van der Waals surface area contributed by atoms with Crippen LogP contribution < -0.4 is 5.56 Å². The van der Waals surface area contributed by atoms with E-state index in [0.717, 1.165) is 24.0 Å². The Morgan fingerprint density at radius 1 is 0.933 bits per heavy atom. The van der Waals surface area contributed by atoms with Gasteiger partial charge >= 0.3 is 0 Å². The third-order valence-corrected chi connectivity index (χ3v) is 6.02. The number of pyridine rings is 1. The fourth-order valence-corrected chi connectivity index (χ4v) is 4.37. The minimum absolute atomic E-state index is 0.159. The number of imide groups is 1. The molecule has 0 N–H and O–H groups in total. The predicted octanol–water partition coefficient (Wildman–Crippen LogP) is 3.37. The number of nitrogens with zero attached hydrogens (tertiary/aromatic N) is 4. The smallest absolute Gasteiger partial charge is 0.261 e. The van der Waals surface area contributed by atoms with Crippen LogP contribution in [0, 0.1) is 0 Å². The van der Waals surface area contributed by atoms with E-state index in [1.54, 1.807) is 52.9 Å². The number of rotatable bonds is 8. The van der Waals surface area contributed by atoms with Crippen molar-refractivity contribution in [1.82, 2.24) is 19.4 Å². The molecule has 0 spiro atoms. The molecule has 30 heavy (non-hydrogen) atoms. The van der Waals surface area contributed by atoms with Gasteiger partial charge in [-0.05, 0) is 31.0 Å². The Kier molecular flexibility index (Phi) is 5.94. The first-order valence-corrected chi connectivity index (χ1v) is 11.0. The van der Waals surface area contributed by atoms with Crippen LogP contribution in [0.5, 0.6) is 0 Å². The van der Waals surface area contributed by atoms with Crippen molar-refractivity contribution >= 4 is 34.6 Å². The molecule has 4 rings (SSSR count). The van der Waals surface area contributed by atoms with Crippen LogP contribution in [0.2, 0.25) is 0 Å². The molecule has 0 aliphatic carbocycles. The van der Waals surface area contributed by atoms with E-state index in [9.17, 15) is 14.4 Å². The average Bonchev–Trinajstić information content (AvgIpc) is 3.00. The summed E-state index contributed by atoms with van der Waals surface area (Å²) in [6.45, 7) is 2.74. The molecule has 2 aromatic heterocycles. The molecule has 0 fully saturated rings. The van der Waals surface area contributed by atoms with Gasteiger partial charge in [-0.2, -0.15) is 0 Å². The largest absolute Gasteiger partial charge is 0.293 e. The number of amides is 2. The molecule has 7 nitrogen and oxygen atoms in total. The standard InChI is InChI=1S/C22H22N4O3S/c1-2-3-13-30-22-23-14-15-9-10-18(27)25(19(15)24-22)11-6-12-26-20(28)16-7-4-5-8-17(16)21(26)29/h4-5,7-10,14H,2-3,6,11-13H2,1H3. The zero-order valence-corrected chi connectivity index (χ0v) is 17.5. The topological polar surface area (TPSA) is 85.2 Å². The van der Waals surface area contributed by atoms with Crippen molar-refractivity contribution in [2.75, 3.05) is 12.3 Å². The quantitative estimate of drug-likeness (QED) is 0.239. The molecule has 1 aliphatic rings. The Morgan fingerprint density at radius 3 is 2.37 bits per heavy atom. The highest BCUT2D eigenvalue weighted by Crippen LogP contribution is 2.23. The summed E-state index contributed by atoms with van der Waals surface area (Å²) in [6, 6.07) is 10.0. The second-order valence-corrected chi connectivity index (χ2v) is 8.18. The Labute approximate surface area is 178 Å². The first-order chi connectivity index (χ1) is 14.6. The molecule has 0 radical (unpaired) electrons. The zero-order chi connectivity index (χ0) is 21.1. The molecule has 0 saturated carbocycles. The van der Waals surface area contributed by atoms with E-state index in [4.69, 9.17) is 0 Å². The van der Waals surface area contributed by atoms with E-state index < -0.39 is 0 Å². The van der Waals surface area contributed by atoms with Gasteiger partial charge in [0.05, 0.1) is 11.1 Å². The molecule has 0 bridgehead atoms. The molecule has 0 unspecified atom stereocenters. The predicted molar refractivity (Wildman–Crippen MR) is 116 cm³/mol. The van der Waals surface area contributed by atoms with Gasteiger partial charge in [0.15, 0.2) is 5.16 Å². The molecule has 154 valence electrons. The Morgan fingerprint density at radius 2 is 1.67 bits per heavy atom. The van der Waals surface area contributed by atoms with E-state index in [1.807, 2.05) is 0 Å². The van der Waals surface area contributed by atoms with Gasteiger partial charge in [-0.3, -0.25) is 23.9 Å². The summed E-state index contributed by atoms with van der Waals surface area (Å²) in [5, 5.41) is 1.44. The summed E-state index contributed by atoms with van der Waals surface area (Å²) in [5.74, 6) is 0.370. The second kappa shape index (κ2) is 8.79. The maximum Gasteiger partial charge on any atom is 0.261 e. The highest BCUT2D eigenvalue weighted by Gasteiger charge is 2.34. The van der Waals surface area contributed by atoms with Crippen molar-refractivity contribution in [2.24, 2.45) is 0 Å². The van der Waals surface area contributed by atoms with Crippen molar-refractivity contribution in [2.45, 2.75) is 37.9 Å². The number of carbonyl (C=O) groups is 2. The van der Waals surface area contributed by atoms with Crippen molar-refractivity contribution in [1.29, 1.82) is 0 Å². The lowest BCUT2D eigenvalue weighted by Crippen LogP contribution is -2.32. The Balaban J connectivity index is 1.50. The molecule has 3 heterocycles. The van der Waals surface area contributed by atoms with Crippen LogP contribution in [0.1, 0.15) is 46.9 Å². The Bertz CT molecular complexity index is 1140. The molecule has 0 atom stereocenters. The fraction of sp³-hybridized carbons (Fsp3) is 0.318. The minimum atomic E-state index is -0.280. The maximum absolute atomic E-state index is 12.5. The van der Waals surface area contributed by atoms with Crippen LogP contribution in [-0.2, 0) is 6.54 Å². The highest BCUT2D eigenvalue weighted by molar-refractivity contribution is 7.99. The average molecular weight is 423 g/mol. The van der Waals surface area contributed by atoms with Crippen LogP contribution in [0.3, 0.4) is 0 Å². The summed E-state index contributed by atoms with van der Waals surface area (Å²) in [5.41, 5.74) is 1.30. The van der Waals surface area contributed by atoms with Gasteiger partial charge in [-0.15, -0.1) is 0 Å². The summed E-state index contributed by atoms with van der Waals surface area (Å²) in [4.78, 5) is 47.7. The third kappa shape index (κ3) is 3.87. The first kappa shape index (κ1) is 20.3. The number of unbranched alkanes of at least 4 members (excludes halogenated alkanes) is 1. The van der Waals surface area contributed by atoms with Gasteiger partial charge in [-0.1, -0.05) is 37.2 Å². The van der Waals surface area contributed by atoms with Gasteiger partial charge in [-0.25, -0.2) is 9.97 Å². The molecular formula is C22H22N4O3S. The van der Waals surface area contributed by atoms with Crippen LogP contribution in [-0.4, -0.2) is 43.5 Å². The van der Waals surface area contributed by atoms with E-state index in [2.05, 4.69) is 16.9 Å². The zero-order valence-electron chi connectivity index (χ0n) is 16.7. The normalized spacial score (nSPS) is 13.3. The van der Waals surface area contributed by atoms with Crippen LogP contribution >= 0.6 is 11.8 Å². The Hall–Kier alpha value is -3.00. The summed E-state index contributed by atoms with van der Waals surface area (Å²) >= 11 is 1.58. The molecule has 2 amide bonds. The second-order valence-electron chi connectivity index (χ2n) is 7.12. The third-order valence-electron chi connectivity index (χ3n) is 5.07. The molecule has 0 saturated heterocycles. The number of aryl methyl sites for hydroxylation is 1. The molecule has 8 heteroatoms. The number of hydrogen-bond donors (Lipinski definition) is 0. The van der Waals surface area contributed by atoms with Crippen molar-refractivity contribution in [3.8, 4) is 0 Å². The summed E-state index contributed by atoms with van der Waals surface area (Å²) in [7, 11) is 0. The van der Waals surface area contributed by atoms with E-state index in [0.29, 0.717) is 34.9 Å². The molecule has 3 aromatic rings. The van der Waals surface area contributed by atoms with Gasteiger partial charge in [0.1, 0.15) is 5.65 Å². The molecule has 1 aromatic carbocycles. The maximum atomic E-state index is 12.5. The summed E-state index contributed by atoms with van der Waals surface area (Å²) in [6.07, 6.45) is 4.38. The van der Waals surface area contributed by atoms with E-state index >= 15 is 0 Å². The van der Waals surface area contributed by atoms with Crippen molar-refractivity contribution in [3.63, 3.8) is 0 Å². The van der Waals surface area contributed by atoms with Crippen LogP contribution in [0.15, 0.2) is 52.5 Å². The number of aromatic nitrogens is 3. The first-order valence-electron chi connectivity index (χ1n) is 10.0. The SMILES string of the molecule is CCCCSc1ncc2ccc(=O)n(CCCN3C(=O)c4ccccc4C3=O)c2n1. The van der Waals surface area contributed by atoms with E-state index in [-0.39, 0.29) is 23.9 Å². The van der Waals surface area contributed by atoms with Gasteiger partial charge in [0.25, 0.3) is 17.4 Å². The van der Waals surface area contributed by atoms with E-state index in [1.165, 1.54) is 11.0 Å². The monoisotopic (exact) mass is 422 g/mol. The van der Waals surface area contributed by atoms with Crippen LogP contribution in [0.4, 0.5) is 0 Å². The van der Waals surface area contributed by atoms with Crippen LogP contribution in [0.25, 0.3) is 11.0 Å².